The third kappa shape index (κ3) is 2.04. The molecule has 2 heterocycles. The van der Waals surface area contributed by atoms with Crippen LogP contribution in [-0.4, -0.2) is 23.5 Å². The quantitative estimate of drug-likeness (QED) is 0.729. The highest BCUT2D eigenvalue weighted by atomic mass is 15.1. The van der Waals surface area contributed by atoms with Gasteiger partial charge in [-0.3, -0.25) is 4.90 Å². The summed E-state index contributed by atoms with van der Waals surface area (Å²) in [6, 6.07) is 2.41. The molecule has 0 spiro atoms. The van der Waals surface area contributed by atoms with E-state index in [1.165, 1.54) is 24.8 Å². The van der Waals surface area contributed by atoms with Crippen molar-refractivity contribution in [3.05, 3.63) is 17.8 Å². The van der Waals surface area contributed by atoms with Crippen LogP contribution in [0, 0.1) is 0 Å². The second-order valence-electron chi connectivity index (χ2n) is 4.24. The lowest BCUT2D eigenvalue weighted by Gasteiger charge is -2.32. The van der Waals surface area contributed by atoms with Gasteiger partial charge in [-0.2, -0.15) is 0 Å². The summed E-state index contributed by atoms with van der Waals surface area (Å²) in [5, 5.41) is 0. The van der Waals surface area contributed by atoms with Crippen LogP contribution in [0.2, 0.25) is 0 Å². The molecule has 1 saturated heterocycles. The summed E-state index contributed by atoms with van der Waals surface area (Å²) in [7, 11) is 2.15. The first-order valence-corrected chi connectivity index (χ1v) is 5.39. The van der Waals surface area contributed by atoms with Crippen LogP contribution in [0.15, 0.2) is 12.3 Å². The number of nitrogens with zero attached hydrogens (tertiary/aromatic N) is 2. The second-order valence-corrected chi connectivity index (χ2v) is 4.24. The predicted molar refractivity (Wildman–Crippen MR) is 62.3 cm³/mol. The van der Waals surface area contributed by atoms with Crippen molar-refractivity contribution in [2.24, 2.45) is 0 Å². The smallest absolute Gasteiger partial charge is 0.146 e. The van der Waals surface area contributed by atoms with Crippen LogP contribution in [0.25, 0.3) is 0 Å². The van der Waals surface area contributed by atoms with E-state index in [0.29, 0.717) is 17.5 Å². The monoisotopic (exact) mass is 206 g/mol. The predicted octanol–water partition coefficient (Wildman–Crippen LogP) is 1.40. The van der Waals surface area contributed by atoms with E-state index in [0.717, 1.165) is 6.54 Å². The lowest BCUT2D eigenvalue weighted by atomic mass is 9.97. The molecule has 0 saturated carbocycles. The zero-order valence-electron chi connectivity index (χ0n) is 9.11. The minimum absolute atomic E-state index is 0.428. The number of hydrogen-bond donors (Lipinski definition) is 2. The van der Waals surface area contributed by atoms with Crippen LogP contribution in [0.5, 0.6) is 0 Å². The maximum Gasteiger partial charge on any atom is 0.146 e. The Kier molecular flexibility index (Phi) is 2.77. The summed E-state index contributed by atoms with van der Waals surface area (Å²) in [6.45, 7) is 1.15. The number of piperidine rings is 1. The van der Waals surface area contributed by atoms with E-state index in [4.69, 9.17) is 11.5 Å². The molecule has 82 valence electrons. The van der Waals surface area contributed by atoms with E-state index in [9.17, 15) is 0 Å². The molecular weight excluding hydrogens is 188 g/mol. The molecule has 1 fully saturated rings. The van der Waals surface area contributed by atoms with E-state index in [-0.39, 0.29) is 0 Å². The summed E-state index contributed by atoms with van der Waals surface area (Å²) < 4.78 is 0. The van der Waals surface area contributed by atoms with Crippen molar-refractivity contribution >= 4 is 11.5 Å². The van der Waals surface area contributed by atoms with Gasteiger partial charge in [0.15, 0.2) is 0 Å². The van der Waals surface area contributed by atoms with Crippen molar-refractivity contribution in [2.75, 3.05) is 25.1 Å². The summed E-state index contributed by atoms with van der Waals surface area (Å²) in [6.07, 6.45) is 5.59. The Morgan fingerprint density at radius 2 is 2.20 bits per heavy atom. The second kappa shape index (κ2) is 4.06. The summed E-state index contributed by atoms with van der Waals surface area (Å²) in [5.74, 6) is 0.428. The molecule has 4 nitrogen and oxygen atoms in total. The number of pyridine rings is 1. The average Bonchev–Trinajstić information content (AvgIpc) is 2.23. The highest BCUT2D eigenvalue weighted by Gasteiger charge is 2.21. The highest BCUT2D eigenvalue weighted by Crippen LogP contribution is 2.30. The molecule has 15 heavy (non-hydrogen) atoms. The molecule has 4 N–H and O–H groups in total. The molecule has 1 aromatic rings. The van der Waals surface area contributed by atoms with Gasteiger partial charge >= 0.3 is 0 Å². The average molecular weight is 206 g/mol. The summed E-state index contributed by atoms with van der Waals surface area (Å²) in [4.78, 5) is 6.47. The fourth-order valence-corrected chi connectivity index (χ4v) is 2.19. The van der Waals surface area contributed by atoms with Gasteiger partial charge in [-0.1, -0.05) is 6.42 Å². The van der Waals surface area contributed by atoms with E-state index in [2.05, 4.69) is 16.9 Å². The van der Waals surface area contributed by atoms with E-state index < -0.39 is 0 Å². The standard InChI is InChI=1S/C11H18N4/c1-15-5-3-2-4-10(15)8-6-9(12)11(13)14-7-8/h6-7,10H,2-5,12H2,1H3,(H2,13,14). The Balaban J connectivity index is 2.24. The number of aromatic nitrogens is 1. The molecule has 1 atom stereocenters. The highest BCUT2D eigenvalue weighted by molar-refractivity contribution is 5.58. The molecule has 0 aliphatic carbocycles. The van der Waals surface area contributed by atoms with Crippen LogP contribution in [0.1, 0.15) is 30.9 Å². The van der Waals surface area contributed by atoms with Gasteiger partial charge in [0.25, 0.3) is 0 Å². The Hall–Kier alpha value is -1.29. The molecule has 0 amide bonds. The van der Waals surface area contributed by atoms with Crippen LogP contribution in [0.4, 0.5) is 11.5 Å². The van der Waals surface area contributed by atoms with Gasteiger partial charge in [0, 0.05) is 12.2 Å². The van der Waals surface area contributed by atoms with Crippen LogP contribution in [0.3, 0.4) is 0 Å². The van der Waals surface area contributed by atoms with Crippen LogP contribution >= 0.6 is 0 Å². The molecule has 4 heteroatoms. The van der Waals surface area contributed by atoms with Gasteiger partial charge in [-0.15, -0.1) is 0 Å². The lowest BCUT2D eigenvalue weighted by Crippen LogP contribution is -2.29. The van der Waals surface area contributed by atoms with E-state index >= 15 is 0 Å². The van der Waals surface area contributed by atoms with Crippen molar-refractivity contribution in [1.29, 1.82) is 0 Å². The Morgan fingerprint density at radius 3 is 2.87 bits per heavy atom. The van der Waals surface area contributed by atoms with Crippen LogP contribution < -0.4 is 11.5 Å². The van der Waals surface area contributed by atoms with Gasteiger partial charge in [0.1, 0.15) is 5.82 Å². The minimum atomic E-state index is 0.428. The molecule has 0 aromatic carbocycles. The minimum Gasteiger partial charge on any atom is -0.396 e. The Morgan fingerprint density at radius 1 is 1.40 bits per heavy atom. The maximum atomic E-state index is 5.77. The zero-order valence-corrected chi connectivity index (χ0v) is 9.11. The Bertz CT molecular complexity index is 350. The Labute approximate surface area is 90.3 Å². The maximum absolute atomic E-state index is 5.77. The molecule has 1 aliphatic rings. The van der Waals surface area contributed by atoms with Gasteiger partial charge in [-0.05, 0) is 38.1 Å². The van der Waals surface area contributed by atoms with Crippen molar-refractivity contribution < 1.29 is 0 Å². The fourth-order valence-electron chi connectivity index (χ4n) is 2.19. The molecule has 1 unspecified atom stereocenters. The van der Waals surface area contributed by atoms with E-state index in [1.54, 1.807) is 0 Å². The van der Waals surface area contributed by atoms with Crippen LogP contribution in [-0.2, 0) is 0 Å². The van der Waals surface area contributed by atoms with Gasteiger partial charge in [-0.25, -0.2) is 4.98 Å². The van der Waals surface area contributed by atoms with Crippen molar-refractivity contribution in [3.8, 4) is 0 Å². The first-order chi connectivity index (χ1) is 7.18. The summed E-state index contributed by atoms with van der Waals surface area (Å²) in [5.41, 5.74) is 13.1. The van der Waals surface area contributed by atoms with Crippen molar-refractivity contribution in [3.63, 3.8) is 0 Å². The topological polar surface area (TPSA) is 68.2 Å². The largest absolute Gasteiger partial charge is 0.396 e. The molecule has 2 rings (SSSR count). The number of rotatable bonds is 1. The molecule has 1 aliphatic heterocycles. The first-order valence-electron chi connectivity index (χ1n) is 5.39. The fraction of sp³-hybridized carbons (Fsp3) is 0.545. The number of anilines is 2. The number of nitrogen functional groups attached to an aromatic ring is 2. The molecule has 0 bridgehead atoms. The molecule has 1 aromatic heterocycles. The van der Waals surface area contributed by atoms with Gasteiger partial charge in [0.2, 0.25) is 0 Å². The third-order valence-corrected chi connectivity index (χ3v) is 3.13. The van der Waals surface area contributed by atoms with Crippen molar-refractivity contribution in [1.82, 2.24) is 9.88 Å². The van der Waals surface area contributed by atoms with Gasteiger partial charge in [0.05, 0.1) is 5.69 Å². The first kappa shape index (κ1) is 10.2. The third-order valence-electron chi connectivity index (χ3n) is 3.13. The number of likely N-dealkylation sites (tertiary alicyclic amines) is 1. The molecule has 0 radical (unpaired) electrons. The zero-order chi connectivity index (χ0) is 10.8. The number of hydrogen-bond acceptors (Lipinski definition) is 4. The van der Waals surface area contributed by atoms with Gasteiger partial charge < -0.3 is 11.5 Å². The number of nitrogens with two attached hydrogens (primary N) is 2. The lowest BCUT2D eigenvalue weighted by molar-refractivity contribution is 0.187. The molecular formula is C11H18N4. The van der Waals surface area contributed by atoms with E-state index in [1.807, 2.05) is 12.3 Å². The SMILES string of the molecule is CN1CCCCC1c1cnc(N)c(N)c1. The summed E-state index contributed by atoms with van der Waals surface area (Å²) >= 11 is 0. The normalized spacial score (nSPS) is 22.9. The van der Waals surface area contributed by atoms with Crippen molar-refractivity contribution in [2.45, 2.75) is 25.3 Å².